The van der Waals surface area contributed by atoms with Crippen molar-refractivity contribution in [3.8, 4) is 17.2 Å². The Balaban J connectivity index is 1.40. The van der Waals surface area contributed by atoms with Crippen LogP contribution in [0.25, 0.3) is 5.76 Å². The molecule has 250 valence electrons. The normalized spacial score (nSPS) is 18.2. The first kappa shape index (κ1) is 33.5. The Kier molecular flexibility index (Phi) is 10.3. The van der Waals surface area contributed by atoms with E-state index in [9.17, 15) is 19.1 Å². The Morgan fingerprint density at radius 3 is 2.69 bits per heavy atom. The van der Waals surface area contributed by atoms with Crippen LogP contribution >= 0.6 is 23.1 Å². The molecule has 0 spiro atoms. The summed E-state index contributed by atoms with van der Waals surface area (Å²) in [6.45, 7) is 6.83. The molecule has 0 saturated carbocycles. The highest BCUT2D eigenvalue weighted by Gasteiger charge is 2.48. The first-order valence-electron chi connectivity index (χ1n) is 16.0. The molecule has 1 amide bonds. The van der Waals surface area contributed by atoms with Gasteiger partial charge in [-0.15, -0.1) is 10.2 Å². The van der Waals surface area contributed by atoms with E-state index in [1.54, 1.807) is 54.6 Å². The summed E-state index contributed by atoms with van der Waals surface area (Å²) in [5.74, 6) is -0.294. The number of aliphatic hydroxyl groups is 1. The zero-order chi connectivity index (χ0) is 33.8. The number of thioether (sulfide) groups is 1. The van der Waals surface area contributed by atoms with Crippen LogP contribution < -0.4 is 19.1 Å². The zero-order valence-corrected chi connectivity index (χ0v) is 28.5. The van der Waals surface area contributed by atoms with E-state index in [0.717, 1.165) is 41.9 Å². The minimum absolute atomic E-state index is 0.00878. The molecule has 2 aliphatic heterocycles. The minimum atomic E-state index is -1.04. The number of nitrogens with zero attached hydrogens (tertiary/aromatic N) is 3. The third-order valence-corrected chi connectivity index (χ3v) is 10.2. The van der Waals surface area contributed by atoms with Crippen molar-refractivity contribution in [2.45, 2.75) is 68.7 Å². The summed E-state index contributed by atoms with van der Waals surface area (Å²) in [7, 11) is 0. The van der Waals surface area contributed by atoms with Crippen LogP contribution in [-0.2, 0) is 21.8 Å². The number of ketones is 1. The maximum absolute atomic E-state index is 14.3. The van der Waals surface area contributed by atoms with E-state index in [1.165, 1.54) is 22.7 Å². The quantitative estimate of drug-likeness (QED) is 0.0374. The van der Waals surface area contributed by atoms with E-state index in [2.05, 4.69) is 17.1 Å². The molecule has 1 saturated heterocycles. The summed E-state index contributed by atoms with van der Waals surface area (Å²) in [4.78, 5) is 28.9. The lowest BCUT2D eigenvalue weighted by atomic mass is 9.94. The van der Waals surface area contributed by atoms with Gasteiger partial charge in [0.15, 0.2) is 15.8 Å². The SMILES string of the molecule is CCCCCOc1ccc([C@H]2C(=C(O)c3ccc4c(c3)C[C@H](C)O4)C(=O)C(=O)N2c2nnc(SCc3ccccc3F)s2)cc1OCC. The van der Waals surface area contributed by atoms with Gasteiger partial charge in [0.2, 0.25) is 5.13 Å². The maximum atomic E-state index is 14.3. The van der Waals surface area contributed by atoms with Crippen LogP contribution in [0, 0.1) is 5.82 Å². The molecule has 0 unspecified atom stereocenters. The van der Waals surface area contributed by atoms with Crippen molar-refractivity contribution < 1.29 is 33.3 Å². The average Bonchev–Trinajstić information content (AvgIpc) is 3.77. The number of aliphatic hydroxyl groups excluding tert-OH is 1. The molecule has 1 fully saturated rings. The van der Waals surface area contributed by atoms with Crippen LogP contribution in [0.3, 0.4) is 0 Å². The van der Waals surface area contributed by atoms with E-state index >= 15 is 0 Å². The molecule has 2 aliphatic rings. The van der Waals surface area contributed by atoms with Gasteiger partial charge in [-0.1, -0.05) is 67.1 Å². The van der Waals surface area contributed by atoms with Gasteiger partial charge in [0.05, 0.1) is 24.8 Å². The molecule has 4 aromatic rings. The molecule has 12 heteroatoms. The topological polar surface area (TPSA) is 111 Å². The number of hydrogen-bond acceptors (Lipinski definition) is 10. The molecule has 9 nitrogen and oxygen atoms in total. The van der Waals surface area contributed by atoms with Crippen molar-refractivity contribution in [2.75, 3.05) is 18.1 Å². The number of fused-ring (bicyclic) bond motifs is 1. The van der Waals surface area contributed by atoms with Crippen molar-refractivity contribution in [1.29, 1.82) is 0 Å². The molecular weight excluding hydrogens is 654 g/mol. The second kappa shape index (κ2) is 14.8. The van der Waals surface area contributed by atoms with Crippen LogP contribution in [0.15, 0.2) is 70.6 Å². The van der Waals surface area contributed by atoms with Gasteiger partial charge in [-0.05, 0) is 73.4 Å². The molecule has 0 radical (unpaired) electrons. The average molecular weight is 690 g/mol. The van der Waals surface area contributed by atoms with Crippen LogP contribution in [0.4, 0.5) is 9.52 Å². The Hall–Kier alpha value is -4.42. The summed E-state index contributed by atoms with van der Waals surface area (Å²) >= 11 is 2.39. The molecule has 3 heterocycles. The number of ether oxygens (including phenoxy) is 3. The number of anilines is 1. The lowest BCUT2D eigenvalue weighted by molar-refractivity contribution is -0.132. The van der Waals surface area contributed by atoms with Crippen LogP contribution in [0.1, 0.15) is 68.3 Å². The second-order valence-corrected chi connectivity index (χ2v) is 13.7. The highest BCUT2D eigenvalue weighted by molar-refractivity contribution is 8.00. The molecule has 1 N–H and O–H groups in total. The van der Waals surface area contributed by atoms with Gasteiger partial charge in [-0.25, -0.2) is 4.39 Å². The summed E-state index contributed by atoms with van der Waals surface area (Å²) < 4.78 is 32.6. The molecule has 0 aliphatic carbocycles. The minimum Gasteiger partial charge on any atom is -0.507 e. The van der Waals surface area contributed by atoms with E-state index in [0.29, 0.717) is 57.9 Å². The second-order valence-electron chi connectivity index (χ2n) is 11.5. The molecule has 1 aromatic heterocycles. The van der Waals surface area contributed by atoms with Gasteiger partial charge in [-0.2, -0.15) is 0 Å². The van der Waals surface area contributed by atoms with Crippen molar-refractivity contribution in [3.63, 3.8) is 0 Å². The van der Waals surface area contributed by atoms with E-state index in [-0.39, 0.29) is 28.4 Å². The standard InChI is InChI=1S/C36H36FN3O6S2/c1-4-6-9-16-45-28-15-12-22(19-29(28)44-5-2)31-30(32(41)23-13-14-27-25(18-23)17-21(3)46-27)33(42)34(43)40(31)35-38-39-36(48-35)47-20-24-10-7-8-11-26(24)37/h7-8,10-15,18-19,21,31,41H,4-6,9,16-17,20H2,1-3H3/t21-,31-/m0/s1. The molecule has 0 bridgehead atoms. The number of benzene rings is 3. The fraction of sp³-hybridized carbons (Fsp3) is 0.333. The Morgan fingerprint density at radius 2 is 1.90 bits per heavy atom. The zero-order valence-electron chi connectivity index (χ0n) is 26.9. The lowest BCUT2D eigenvalue weighted by Gasteiger charge is -2.23. The maximum Gasteiger partial charge on any atom is 0.301 e. The van der Waals surface area contributed by atoms with E-state index in [1.807, 2.05) is 13.8 Å². The number of halogens is 1. The van der Waals surface area contributed by atoms with Gasteiger partial charge >= 0.3 is 5.91 Å². The Bertz CT molecular complexity index is 1860. The number of rotatable bonds is 13. The number of hydrogen-bond donors (Lipinski definition) is 1. The number of unbranched alkanes of at least 4 members (excludes halogenated alkanes) is 2. The number of amides is 1. The van der Waals surface area contributed by atoms with Gasteiger partial charge < -0.3 is 19.3 Å². The van der Waals surface area contributed by atoms with Crippen molar-refractivity contribution in [2.24, 2.45) is 0 Å². The summed E-state index contributed by atoms with van der Waals surface area (Å²) in [6.07, 6.45) is 3.63. The first-order chi connectivity index (χ1) is 23.3. The van der Waals surface area contributed by atoms with Gasteiger partial charge in [0.25, 0.3) is 5.78 Å². The largest absolute Gasteiger partial charge is 0.507 e. The predicted octanol–water partition coefficient (Wildman–Crippen LogP) is 7.89. The summed E-state index contributed by atoms with van der Waals surface area (Å²) in [6, 6.07) is 15.9. The van der Waals surface area contributed by atoms with E-state index < -0.39 is 17.7 Å². The van der Waals surface area contributed by atoms with Gasteiger partial charge in [0.1, 0.15) is 23.4 Å². The van der Waals surface area contributed by atoms with E-state index in [4.69, 9.17) is 14.2 Å². The van der Waals surface area contributed by atoms with Gasteiger partial charge in [0, 0.05) is 17.7 Å². The fourth-order valence-electron chi connectivity index (χ4n) is 5.80. The molecule has 48 heavy (non-hydrogen) atoms. The number of carbonyl (C=O) groups excluding carboxylic acids is 2. The van der Waals surface area contributed by atoms with Crippen LogP contribution in [0.5, 0.6) is 17.2 Å². The van der Waals surface area contributed by atoms with Gasteiger partial charge in [-0.3, -0.25) is 14.5 Å². The highest BCUT2D eigenvalue weighted by atomic mass is 32.2. The Morgan fingerprint density at radius 1 is 1.06 bits per heavy atom. The van der Waals surface area contributed by atoms with Crippen molar-refractivity contribution >= 4 is 45.7 Å². The molecule has 2 atom stereocenters. The highest BCUT2D eigenvalue weighted by Crippen LogP contribution is 2.46. The molecule has 3 aromatic carbocycles. The smallest absolute Gasteiger partial charge is 0.301 e. The fourth-order valence-corrected chi connectivity index (χ4v) is 7.65. The third kappa shape index (κ3) is 6.91. The Labute approximate surface area is 286 Å². The number of carbonyl (C=O) groups is 2. The third-order valence-electron chi connectivity index (χ3n) is 8.11. The number of Topliss-reactive ketones (excluding diaryl/α,β-unsaturated/α-hetero) is 1. The number of aromatic nitrogens is 2. The summed E-state index contributed by atoms with van der Waals surface area (Å²) in [5, 5.41) is 20.4. The molecular formula is C36H36FN3O6S2. The van der Waals surface area contributed by atoms with Crippen molar-refractivity contribution in [1.82, 2.24) is 10.2 Å². The predicted molar refractivity (Wildman–Crippen MR) is 184 cm³/mol. The first-order valence-corrected chi connectivity index (χ1v) is 17.8. The van der Waals surface area contributed by atoms with Crippen LogP contribution in [-0.4, -0.2) is 46.3 Å². The van der Waals surface area contributed by atoms with Crippen LogP contribution in [0.2, 0.25) is 0 Å². The van der Waals surface area contributed by atoms with Crippen molar-refractivity contribution in [3.05, 3.63) is 94.3 Å². The lowest BCUT2D eigenvalue weighted by Crippen LogP contribution is -2.29. The molecule has 6 rings (SSSR count). The summed E-state index contributed by atoms with van der Waals surface area (Å²) in [5.41, 5.74) is 2.25. The monoisotopic (exact) mass is 689 g/mol.